The Morgan fingerprint density at radius 3 is 2.59 bits per heavy atom. The molecule has 0 atom stereocenters. The van der Waals surface area contributed by atoms with Gasteiger partial charge in [-0.25, -0.2) is 13.5 Å². The number of nitrogens with one attached hydrogen (secondary N) is 1. The van der Waals surface area contributed by atoms with Gasteiger partial charge < -0.3 is 5.32 Å². The van der Waals surface area contributed by atoms with Crippen molar-refractivity contribution in [2.75, 3.05) is 5.32 Å². The molecular formula is C20H17F2N3OS. The first-order valence-corrected chi connectivity index (χ1v) is 9.62. The van der Waals surface area contributed by atoms with Crippen LogP contribution in [0.5, 0.6) is 0 Å². The Balaban J connectivity index is 1.80. The van der Waals surface area contributed by atoms with E-state index in [0.717, 1.165) is 46.0 Å². The van der Waals surface area contributed by atoms with Crippen LogP contribution in [0.4, 0.5) is 14.6 Å². The van der Waals surface area contributed by atoms with E-state index >= 15 is 0 Å². The fourth-order valence-corrected chi connectivity index (χ4v) is 4.28. The maximum absolute atomic E-state index is 14.0. The lowest BCUT2D eigenvalue weighted by Gasteiger charge is -2.14. The monoisotopic (exact) mass is 385 g/mol. The molecule has 1 aliphatic rings. The van der Waals surface area contributed by atoms with E-state index in [1.165, 1.54) is 6.07 Å². The summed E-state index contributed by atoms with van der Waals surface area (Å²) in [6.07, 6.45) is 0. The molecule has 0 spiro atoms. The first-order valence-electron chi connectivity index (χ1n) is 8.47. The Hall–Kier alpha value is -2.67. The number of amides is 1. The van der Waals surface area contributed by atoms with E-state index in [9.17, 15) is 13.6 Å². The second kappa shape index (κ2) is 6.81. The molecule has 138 valence electrons. The Morgan fingerprint density at radius 2 is 1.89 bits per heavy atom. The van der Waals surface area contributed by atoms with Gasteiger partial charge in [-0.1, -0.05) is 23.8 Å². The number of carbonyl (C=O) groups is 1. The van der Waals surface area contributed by atoms with Gasteiger partial charge in [0.2, 0.25) is 0 Å². The molecule has 0 unspecified atom stereocenters. The standard InChI is InChI=1S/C20H17F2N3OS/c1-11-6-7-17(12(2)8-11)25-19(13-9-27-10-16(13)24-25)23-20(26)18-14(21)4-3-5-15(18)22/h3-8H,9-10H2,1-2H3,(H,23,26). The number of thioether (sulfide) groups is 1. The molecule has 4 nitrogen and oxygen atoms in total. The molecule has 0 saturated carbocycles. The van der Waals surface area contributed by atoms with Crippen molar-refractivity contribution in [1.29, 1.82) is 0 Å². The van der Waals surface area contributed by atoms with Crippen LogP contribution in [0.25, 0.3) is 5.69 Å². The third kappa shape index (κ3) is 3.12. The second-order valence-electron chi connectivity index (χ2n) is 6.52. The molecule has 1 amide bonds. The molecule has 0 aliphatic carbocycles. The fraction of sp³-hybridized carbons (Fsp3) is 0.200. The van der Waals surface area contributed by atoms with Crippen LogP contribution in [-0.2, 0) is 11.5 Å². The van der Waals surface area contributed by atoms with Gasteiger partial charge in [0.15, 0.2) is 0 Å². The van der Waals surface area contributed by atoms with Gasteiger partial charge in [-0.3, -0.25) is 4.79 Å². The number of halogens is 2. The Bertz CT molecular complexity index is 1040. The van der Waals surface area contributed by atoms with Crippen LogP contribution in [0.15, 0.2) is 36.4 Å². The number of aryl methyl sites for hydroxylation is 2. The predicted molar refractivity (Wildman–Crippen MR) is 102 cm³/mol. The Labute approximate surface area is 159 Å². The molecule has 7 heteroatoms. The largest absolute Gasteiger partial charge is 0.306 e. The SMILES string of the molecule is Cc1ccc(-n2nc3c(c2NC(=O)c2c(F)cccc2F)CSC3)c(C)c1. The van der Waals surface area contributed by atoms with Crippen LogP contribution in [-0.4, -0.2) is 15.7 Å². The zero-order valence-electron chi connectivity index (χ0n) is 14.8. The highest BCUT2D eigenvalue weighted by molar-refractivity contribution is 7.98. The molecule has 1 N–H and O–H groups in total. The van der Waals surface area contributed by atoms with E-state index in [2.05, 4.69) is 10.4 Å². The highest BCUT2D eigenvalue weighted by atomic mass is 32.2. The molecule has 4 rings (SSSR count). The minimum atomic E-state index is -0.892. The minimum absolute atomic E-state index is 0.467. The van der Waals surface area contributed by atoms with Gasteiger partial charge in [0.25, 0.3) is 5.91 Å². The molecule has 0 bridgehead atoms. The number of fused-ring (bicyclic) bond motifs is 1. The molecular weight excluding hydrogens is 368 g/mol. The van der Waals surface area contributed by atoms with E-state index in [0.29, 0.717) is 11.6 Å². The Morgan fingerprint density at radius 1 is 1.15 bits per heavy atom. The van der Waals surface area contributed by atoms with Crippen LogP contribution >= 0.6 is 11.8 Å². The summed E-state index contributed by atoms with van der Waals surface area (Å²) < 4.78 is 29.7. The van der Waals surface area contributed by atoms with Gasteiger partial charge in [-0.15, -0.1) is 0 Å². The quantitative estimate of drug-likeness (QED) is 0.707. The van der Waals surface area contributed by atoms with Crippen LogP contribution in [0.1, 0.15) is 32.7 Å². The summed E-state index contributed by atoms with van der Waals surface area (Å²) in [6, 6.07) is 9.29. The van der Waals surface area contributed by atoms with Crippen molar-refractivity contribution in [2.45, 2.75) is 25.4 Å². The number of carbonyl (C=O) groups excluding carboxylic acids is 1. The number of rotatable bonds is 3. The maximum Gasteiger partial charge on any atom is 0.262 e. The number of hydrogen-bond donors (Lipinski definition) is 1. The number of benzene rings is 2. The van der Waals surface area contributed by atoms with Gasteiger partial charge in [0, 0.05) is 17.1 Å². The molecule has 27 heavy (non-hydrogen) atoms. The van der Waals surface area contributed by atoms with Crippen LogP contribution < -0.4 is 5.32 Å². The van der Waals surface area contributed by atoms with E-state index in [4.69, 9.17) is 0 Å². The van der Waals surface area contributed by atoms with E-state index in [1.807, 2.05) is 32.0 Å². The number of anilines is 1. The fourth-order valence-electron chi connectivity index (χ4n) is 3.24. The molecule has 0 fully saturated rings. The third-order valence-electron chi connectivity index (χ3n) is 4.55. The average molecular weight is 385 g/mol. The van der Waals surface area contributed by atoms with Crippen molar-refractivity contribution < 1.29 is 13.6 Å². The summed E-state index contributed by atoms with van der Waals surface area (Å²) in [5.41, 5.74) is 4.12. The van der Waals surface area contributed by atoms with E-state index in [-0.39, 0.29) is 0 Å². The molecule has 0 saturated heterocycles. The van der Waals surface area contributed by atoms with Crippen LogP contribution in [0, 0.1) is 25.5 Å². The van der Waals surface area contributed by atoms with Gasteiger partial charge in [0.1, 0.15) is 23.0 Å². The third-order valence-corrected chi connectivity index (χ3v) is 5.52. The van der Waals surface area contributed by atoms with Crippen molar-refractivity contribution >= 4 is 23.5 Å². The summed E-state index contributed by atoms with van der Waals surface area (Å²) in [7, 11) is 0. The zero-order valence-corrected chi connectivity index (χ0v) is 15.7. The van der Waals surface area contributed by atoms with Crippen LogP contribution in [0.2, 0.25) is 0 Å². The second-order valence-corrected chi connectivity index (χ2v) is 7.50. The number of hydrogen-bond acceptors (Lipinski definition) is 3. The van der Waals surface area contributed by atoms with Crippen molar-refractivity contribution in [3.8, 4) is 5.69 Å². The summed E-state index contributed by atoms with van der Waals surface area (Å²) in [6.45, 7) is 3.96. The lowest BCUT2D eigenvalue weighted by Crippen LogP contribution is -2.19. The Kier molecular flexibility index (Phi) is 4.47. The van der Waals surface area contributed by atoms with Gasteiger partial charge in [-0.2, -0.15) is 16.9 Å². The summed E-state index contributed by atoms with van der Waals surface area (Å²) >= 11 is 1.69. The van der Waals surface area contributed by atoms with Crippen molar-refractivity contribution in [2.24, 2.45) is 0 Å². The molecule has 2 aromatic carbocycles. The molecule has 2 heterocycles. The minimum Gasteiger partial charge on any atom is -0.306 e. The van der Waals surface area contributed by atoms with E-state index in [1.54, 1.807) is 16.4 Å². The maximum atomic E-state index is 14.0. The lowest BCUT2D eigenvalue weighted by molar-refractivity contribution is 0.101. The molecule has 1 aliphatic heterocycles. The highest BCUT2D eigenvalue weighted by Crippen LogP contribution is 2.37. The van der Waals surface area contributed by atoms with Crippen LogP contribution in [0.3, 0.4) is 0 Å². The zero-order chi connectivity index (χ0) is 19.1. The first-order chi connectivity index (χ1) is 13.0. The van der Waals surface area contributed by atoms with E-state index < -0.39 is 23.1 Å². The van der Waals surface area contributed by atoms with Gasteiger partial charge >= 0.3 is 0 Å². The van der Waals surface area contributed by atoms with Crippen molar-refractivity contribution in [1.82, 2.24) is 9.78 Å². The van der Waals surface area contributed by atoms with Gasteiger partial charge in [0.05, 0.1) is 11.4 Å². The first kappa shape index (κ1) is 17.7. The normalized spacial score (nSPS) is 12.9. The average Bonchev–Trinajstić information content (AvgIpc) is 3.18. The summed E-state index contributed by atoms with van der Waals surface area (Å²) in [5.74, 6) is -0.710. The summed E-state index contributed by atoms with van der Waals surface area (Å²) in [5, 5.41) is 7.33. The highest BCUT2D eigenvalue weighted by Gasteiger charge is 2.27. The number of nitrogens with zero attached hydrogens (tertiary/aromatic N) is 2. The van der Waals surface area contributed by atoms with Crippen molar-refractivity contribution in [3.05, 3.63) is 76.0 Å². The summed E-state index contributed by atoms with van der Waals surface area (Å²) in [4.78, 5) is 12.6. The van der Waals surface area contributed by atoms with Crippen molar-refractivity contribution in [3.63, 3.8) is 0 Å². The predicted octanol–water partition coefficient (Wildman–Crippen LogP) is 4.77. The number of aromatic nitrogens is 2. The molecule has 3 aromatic rings. The smallest absolute Gasteiger partial charge is 0.262 e. The lowest BCUT2D eigenvalue weighted by atomic mass is 10.1. The molecule has 1 aromatic heterocycles. The van der Waals surface area contributed by atoms with Gasteiger partial charge in [-0.05, 0) is 37.6 Å². The topological polar surface area (TPSA) is 46.9 Å². The molecule has 0 radical (unpaired) electrons.